The van der Waals surface area contributed by atoms with Gasteiger partial charge in [0.1, 0.15) is 5.76 Å². The Hall–Kier alpha value is -1.62. The SMILES string of the molecule is Cc1noc(CCNC(C)c2ccco2)n1. The summed E-state index contributed by atoms with van der Waals surface area (Å²) in [6, 6.07) is 4.03. The molecule has 0 aromatic carbocycles. The van der Waals surface area contributed by atoms with Crippen molar-refractivity contribution in [3.8, 4) is 0 Å². The highest BCUT2D eigenvalue weighted by Crippen LogP contribution is 2.11. The number of aryl methyl sites for hydroxylation is 1. The zero-order valence-corrected chi connectivity index (χ0v) is 9.43. The summed E-state index contributed by atoms with van der Waals surface area (Å²) in [6.07, 6.45) is 2.40. The van der Waals surface area contributed by atoms with Crippen molar-refractivity contribution in [3.63, 3.8) is 0 Å². The van der Waals surface area contributed by atoms with Crippen LogP contribution in [0.5, 0.6) is 0 Å². The van der Waals surface area contributed by atoms with E-state index in [9.17, 15) is 0 Å². The van der Waals surface area contributed by atoms with Gasteiger partial charge in [-0.05, 0) is 26.0 Å². The first-order valence-electron chi connectivity index (χ1n) is 5.31. The summed E-state index contributed by atoms with van der Waals surface area (Å²) < 4.78 is 10.3. The van der Waals surface area contributed by atoms with Gasteiger partial charge in [0.15, 0.2) is 5.82 Å². The molecular weight excluding hydrogens is 206 g/mol. The molecule has 5 nitrogen and oxygen atoms in total. The van der Waals surface area contributed by atoms with E-state index in [4.69, 9.17) is 8.94 Å². The van der Waals surface area contributed by atoms with Crippen molar-refractivity contribution in [3.05, 3.63) is 35.9 Å². The van der Waals surface area contributed by atoms with Gasteiger partial charge in [-0.3, -0.25) is 0 Å². The van der Waals surface area contributed by atoms with Crippen molar-refractivity contribution in [2.24, 2.45) is 0 Å². The van der Waals surface area contributed by atoms with Gasteiger partial charge in [-0.15, -0.1) is 0 Å². The van der Waals surface area contributed by atoms with Crippen LogP contribution in [0.2, 0.25) is 0 Å². The van der Waals surface area contributed by atoms with Crippen LogP contribution in [0.4, 0.5) is 0 Å². The van der Waals surface area contributed by atoms with Gasteiger partial charge in [0, 0.05) is 13.0 Å². The van der Waals surface area contributed by atoms with E-state index in [-0.39, 0.29) is 6.04 Å². The Morgan fingerprint density at radius 3 is 3.00 bits per heavy atom. The first kappa shape index (κ1) is 10.9. The third kappa shape index (κ3) is 2.70. The second kappa shape index (κ2) is 4.94. The number of nitrogens with one attached hydrogen (secondary N) is 1. The smallest absolute Gasteiger partial charge is 0.227 e. The van der Waals surface area contributed by atoms with Crippen LogP contribution in [-0.2, 0) is 6.42 Å². The summed E-state index contributed by atoms with van der Waals surface area (Å²) in [7, 11) is 0. The number of hydrogen-bond donors (Lipinski definition) is 1. The maximum atomic E-state index is 5.29. The van der Waals surface area contributed by atoms with Gasteiger partial charge in [-0.2, -0.15) is 4.98 Å². The molecule has 16 heavy (non-hydrogen) atoms. The molecule has 0 aliphatic rings. The van der Waals surface area contributed by atoms with Crippen molar-refractivity contribution in [1.82, 2.24) is 15.5 Å². The first-order valence-corrected chi connectivity index (χ1v) is 5.31. The second-order valence-electron chi connectivity index (χ2n) is 3.68. The molecule has 0 spiro atoms. The molecule has 0 fully saturated rings. The Morgan fingerprint density at radius 1 is 1.50 bits per heavy atom. The van der Waals surface area contributed by atoms with E-state index >= 15 is 0 Å². The lowest BCUT2D eigenvalue weighted by molar-refractivity contribution is 0.365. The molecule has 2 aromatic rings. The number of hydrogen-bond acceptors (Lipinski definition) is 5. The standard InChI is InChI=1S/C11H15N3O2/c1-8(10-4-3-7-15-10)12-6-5-11-13-9(2)14-16-11/h3-4,7-8,12H,5-6H2,1-2H3. The summed E-state index contributed by atoms with van der Waals surface area (Å²) in [4.78, 5) is 4.13. The van der Waals surface area contributed by atoms with Crippen LogP contribution in [0.3, 0.4) is 0 Å². The topological polar surface area (TPSA) is 64.1 Å². The number of nitrogens with zero attached hydrogens (tertiary/aromatic N) is 2. The van der Waals surface area contributed by atoms with Crippen molar-refractivity contribution in [2.75, 3.05) is 6.54 Å². The predicted octanol–water partition coefficient (Wildman–Crippen LogP) is 1.86. The molecule has 0 aliphatic heterocycles. The lowest BCUT2D eigenvalue weighted by Gasteiger charge is -2.09. The van der Waals surface area contributed by atoms with E-state index in [0.29, 0.717) is 11.7 Å². The highest BCUT2D eigenvalue weighted by atomic mass is 16.5. The average molecular weight is 221 g/mol. The monoisotopic (exact) mass is 221 g/mol. The Morgan fingerprint density at radius 2 is 2.38 bits per heavy atom. The maximum absolute atomic E-state index is 5.29. The fourth-order valence-electron chi connectivity index (χ4n) is 1.48. The van der Waals surface area contributed by atoms with Crippen molar-refractivity contribution in [1.29, 1.82) is 0 Å². The summed E-state index contributed by atoms with van der Waals surface area (Å²) in [6.45, 7) is 4.65. The van der Waals surface area contributed by atoms with Crippen molar-refractivity contribution < 1.29 is 8.94 Å². The zero-order chi connectivity index (χ0) is 11.4. The third-order valence-corrected chi connectivity index (χ3v) is 2.33. The molecule has 0 saturated heterocycles. The first-order chi connectivity index (χ1) is 7.75. The van der Waals surface area contributed by atoms with Crippen LogP contribution in [0.15, 0.2) is 27.3 Å². The maximum Gasteiger partial charge on any atom is 0.227 e. The number of furan rings is 1. The predicted molar refractivity (Wildman–Crippen MR) is 57.9 cm³/mol. The minimum Gasteiger partial charge on any atom is -0.468 e. The molecule has 1 N–H and O–H groups in total. The summed E-state index contributed by atoms with van der Waals surface area (Å²) in [5.74, 6) is 2.27. The molecule has 0 saturated carbocycles. The summed E-state index contributed by atoms with van der Waals surface area (Å²) in [5.41, 5.74) is 0. The zero-order valence-electron chi connectivity index (χ0n) is 9.43. The molecule has 2 heterocycles. The van der Waals surface area contributed by atoms with E-state index in [1.807, 2.05) is 19.1 Å². The van der Waals surface area contributed by atoms with E-state index in [0.717, 1.165) is 18.7 Å². The Kier molecular flexibility index (Phi) is 3.36. The molecule has 5 heteroatoms. The van der Waals surface area contributed by atoms with Gasteiger partial charge in [-0.1, -0.05) is 5.16 Å². The van der Waals surface area contributed by atoms with Crippen LogP contribution in [0.25, 0.3) is 0 Å². The van der Waals surface area contributed by atoms with Crippen LogP contribution in [0.1, 0.15) is 30.4 Å². The number of rotatable bonds is 5. The molecule has 0 amide bonds. The molecule has 2 aromatic heterocycles. The van der Waals surface area contributed by atoms with E-state index in [2.05, 4.69) is 22.4 Å². The fraction of sp³-hybridized carbons (Fsp3) is 0.455. The molecule has 1 unspecified atom stereocenters. The van der Waals surface area contributed by atoms with Gasteiger partial charge < -0.3 is 14.3 Å². The molecule has 0 bridgehead atoms. The Balaban J connectivity index is 1.76. The molecular formula is C11H15N3O2. The Bertz CT molecular complexity index is 422. The van der Waals surface area contributed by atoms with E-state index in [1.165, 1.54) is 0 Å². The minimum atomic E-state index is 0.194. The van der Waals surface area contributed by atoms with Crippen molar-refractivity contribution >= 4 is 0 Å². The largest absolute Gasteiger partial charge is 0.468 e. The van der Waals surface area contributed by atoms with Gasteiger partial charge in [0.05, 0.1) is 12.3 Å². The lowest BCUT2D eigenvalue weighted by Crippen LogP contribution is -2.21. The van der Waals surface area contributed by atoms with Gasteiger partial charge in [0.25, 0.3) is 0 Å². The van der Waals surface area contributed by atoms with E-state index < -0.39 is 0 Å². The normalized spacial score (nSPS) is 12.9. The van der Waals surface area contributed by atoms with Crippen LogP contribution in [-0.4, -0.2) is 16.7 Å². The summed E-state index contributed by atoms with van der Waals surface area (Å²) in [5, 5.41) is 7.05. The van der Waals surface area contributed by atoms with Gasteiger partial charge >= 0.3 is 0 Å². The molecule has 86 valence electrons. The Labute approximate surface area is 93.8 Å². The fourth-order valence-corrected chi connectivity index (χ4v) is 1.48. The minimum absolute atomic E-state index is 0.194. The quantitative estimate of drug-likeness (QED) is 0.834. The van der Waals surface area contributed by atoms with Crippen LogP contribution in [0, 0.1) is 6.92 Å². The summed E-state index contributed by atoms with van der Waals surface area (Å²) >= 11 is 0. The number of aromatic nitrogens is 2. The molecule has 0 aliphatic carbocycles. The highest BCUT2D eigenvalue weighted by Gasteiger charge is 2.08. The van der Waals surface area contributed by atoms with E-state index in [1.54, 1.807) is 6.26 Å². The molecule has 0 radical (unpaired) electrons. The lowest BCUT2D eigenvalue weighted by atomic mass is 10.2. The third-order valence-electron chi connectivity index (χ3n) is 2.33. The van der Waals surface area contributed by atoms with Gasteiger partial charge in [0.2, 0.25) is 5.89 Å². The average Bonchev–Trinajstić information content (AvgIpc) is 2.89. The van der Waals surface area contributed by atoms with Crippen LogP contribution >= 0.6 is 0 Å². The van der Waals surface area contributed by atoms with Gasteiger partial charge in [-0.25, -0.2) is 0 Å². The molecule has 2 rings (SSSR count). The molecule has 1 atom stereocenters. The van der Waals surface area contributed by atoms with Crippen LogP contribution < -0.4 is 5.32 Å². The second-order valence-corrected chi connectivity index (χ2v) is 3.68. The van der Waals surface area contributed by atoms with Crippen molar-refractivity contribution in [2.45, 2.75) is 26.3 Å². The highest BCUT2D eigenvalue weighted by molar-refractivity contribution is 5.02.